The Morgan fingerprint density at radius 2 is 1.58 bits per heavy atom. The van der Waals surface area contributed by atoms with Crippen LogP contribution in [-0.2, 0) is 0 Å². The third kappa shape index (κ3) is 4.61. The number of fused-ring (bicyclic) bond motifs is 2. The van der Waals surface area contributed by atoms with E-state index < -0.39 is 0 Å². The van der Waals surface area contributed by atoms with Gasteiger partial charge in [0, 0.05) is 28.4 Å². The Bertz CT molecular complexity index is 1210. The van der Waals surface area contributed by atoms with Gasteiger partial charge in [0.15, 0.2) is 0 Å². The second kappa shape index (κ2) is 9.54. The number of rotatable bonds is 3. The van der Waals surface area contributed by atoms with Crippen molar-refractivity contribution in [3.05, 3.63) is 94.8 Å². The summed E-state index contributed by atoms with van der Waals surface area (Å²) in [6.45, 7) is 3.89. The molecular weight excluding hydrogens is 431 g/mol. The molecule has 2 aliphatic heterocycles. The molecule has 0 saturated carbocycles. The molecule has 2 aliphatic rings. The Hall–Kier alpha value is -2.89. The van der Waals surface area contributed by atoms with Crippen LogP contribution in [0.4, 0.5) is 4.39 Å². The second-order valence-electron chi connectivity index (χ2n) is 8.66. The van der Waals surface area contributed by atoms with E-state index in [1.807, 2.05) is 42.5 Å². The summed E-state index contributed by atoms with van der Waals surface area (Å²) in [4.78, 5) is 15.4. The molecule has 3 aromatic rings. The van der Waals surface area contributed by atoms with Gasteiger partial charge in [-0.1, -0.05) is 54.9 Å². The number of nitrogens with zero attached hydrogens (tertiary/aromatic N) is 1. The summed E-state index contributed by atoms with van der Waals surface area (Å²) in [5.41, 5.74) is 9.05. The van der Waals surface area contributed by atoms with Gasteiger partial charge in [-0.15, -0.1) is 0 Å². The molecule has 5 heteroatoms. The van der Waals surface area contributed by atoms with Crippen LogP contribution in [0.3, 0.4) is 0 Å². The van der Waals surface area contributed by atoms with E-state index in [0.717, 1.165) is 63.6 Å². The molecule has 3 aromatic carbocycles. The second-order valence-corrected chi connectivity index (χ2v) is 9.74. The molecular formula is C28H27FN2OS. The largest absolute Gasteiger partial charge is 0.285 e. The molecule has 0 radical (unpaired) electrons. The molecule has 3 nitrogen and oxygen atoms in total. The maximum atomic E-state index is 13.7. The fourth-order valence-corrected chi connectivity index (χ4v) is 5.77. The number of benzene rings is 3. The van der Waals surface area contributed by atoms with Crippen LogP contribution in [0, 0.1) is 5.82 Å². The average Bonchev–Trinajstić information content (AvgIpc) is 3.15. The fourth-order valence-electron chi connectivity index (χ4n) is 4.65. The van der Waals surface area contributed by atoms with Crippen LogP contribution in [0.15, 0.2) is 76.5 Å². The SMILES string of the molecule is CC1=C(c2ccc(F)cc2)c2ccccc2Sc2ccc(C(=O)NN3CCCCCC3)cc21. The van der Waals surface area contributed by atoms with E-state index in [-0.39, 0.29) is 11.7 Å². The van der Waals surface area contributed by atoms with Crippen molar-refractivity contribution in [2.24, 2.45) is 0 Å². The van der Waals surface area contributed by atoms with Gasteiger partial charge in [-0.25, -0.2) is 9.40 Å². The number of halogens is 1. The van der Waals surface area contributed by atoms with Crippen LogP contribution in [0.5, 0.6) is 0 Å². The lowest BCUT2D eigenvalue weighted by molar-refractivity contribution is 0.0794. The number of hydrogen-bond acceptors (Lipinski definition) is 3. The Labute approximate surface area is 198 Å². The number of carbonyl (C=O) groups is 1. The number of carbonyl (C=O) groups excluding carboxylic acids is 1. The van der Waals surface area contributed by atoms with Crippen molar-refractivity contribution in [1.82, 2.24) is 10.4 Å². The summed E-state index contributed by atoms with van der Waals surface area (Å²) >= 11 is 1.71. The molecule has 0 atom stereocenters. The van der Waals surface area contributed by atoms with Crippen molar-refractivity contribution in [3.63, 3.8) is 0 Å². The first kappa shape index (κ1) is 21.9. The summed E-state index contributed by atoms with van der Waals surface area (Å²) in [7, 11) is 0. The predicted molar refractivity (Wildman–Crippen MR) is 133 cm³/mol. The Balaban J connectivity index is 1.56. The predicted octanol–water partition coefficient (Wildman–Crippen LogP) is 6.79. The van der Waals surface area contributed by atoms with E-state index in [9.17, 15) is 9.18 Å². The lowest BCUT2D eigenvalue weighted by Crippen LogP contribution is -2.42. The Morgan fingerprint density at radius 3 is 2.33 bits per heavy atom. The minimum absolute atomic E-state index is 0.0670. The lowest BCUT2D eigenvalue weighted by Gasteiger charge is -2.21. The molecule has 1 amide bonds. The molecule has 0 bridgehead atoms. The van der Waals surface area contributed by atoms with E-state index in [0.29, 0.717) is 5.56 Å². The highest BCUT2D eigenvalue weighted by molar-refractivity contribution is 7.99. The molecule has 0 spiro atoms. The van der Waals surface area contributed by atoms with E-state index in [4.69, 9.17) is 0 Å². The quantitative estimate of drug-likeness (QED) is 0.469. The van der Waals surface area contributed by atoms with Crippen LogP contribution >= 0.6 is 11.8 Å². The van der Waals surface area contributed by atoms with Crippen molar-refractivity contribution >= 4 is 28.8 Å². The van der Waals surface area contributed by atoms with Gasteiger partial charge >= 0.3 is 0 Å². The summed E-state index contributed by atoms with van der Waals surface area (Å²) < 4.78 is 13.7. The van der Waals surface area contributed by atoms with Gasteiger partial charge in [-0.3, -0.25) is 10.2 Å². The van der Waals surface area contributed by atoms with Gasteiger partial charge in [-0.05, 0) is 84.0 Å². The molecule has 5 rings (SSSR count). The smallest absolute Gasteiger partial charge is 0.265 e. The number of hydrazine groups is 1. The number of nitrogens with one attached hydrogen (secondary N) is 1. The average molecular weight is 459 g/mol. The first-order chi connectivity index (χ1) is 16.1. The first-order valence-corrected chi connectivity index (χ1v) is 12.4. The minimum Gasteiger partial charge on any atom is -0.285 e. The van der Waals surface area contributed by atoms with Crippen molar-refractivity contribution in [1.29, 1.82) is 0 Å². The summed E-state index contributed by atoms with van der Waals surface area (Å²) in [5, 5.41) is 2.05. The zero-order valence-electron chi connectivity index (χ0n) is 18.7. The molecule has 1 N–H and O–H groups in total. The molecule has 2 heterocycles. The highest BCUT2D eigenvalue weighted by Gasteiger charge is 2.23. The van der Waals surface area contributed by atoms with Crippen molar-refractivity contribution in [2.75, 3.05) is 13.1 Å². The van der Waals surface area contributed by atoms with E-state index in [1.165, 1.54) is 25.0 Å². The third-order valence-corrected chi connectivity index (χ3v) is 7.55. The van der Waals surface area contributed by atoms with Gasteiger partial charge < -0.3 is 0 Å². The van der Waals surface area contributed by atoms with Crippen molar-refractivity contribution in [3.8, 4) is 0 Å². The van der Waals surface area contributed by atoms with Crippen LogP contribution in [0.1, 0.15) is 59.7 Å². The summed E-state index contributed by atoms with van der Waals surface area (Å²) in [6, 6.07) is 20.9. The maximum absolute atomic E-state index is 13.7. The number of amides is 1. The highest BCUT2D eigenvalue weighted by Crippen LogP contribution is 2.46. The van der Waals surface area contributed by atoms with Gasteiger partial charge in [0.1, 0.15) is 5.82 Å². The van der Waals surface area contributed by atoms with Crippen molar-refractivity contribution < 1.29 is 9.18 Å². The van der Waals surface area contributed by atoms with Gasteiger partial charge in [0.25, 0.3) is 5.91 Å². The van der Waals surface area contributed by atoms with Gasteiger partial charge in [0.05, 0.1) is 0 Å². The molecule has 0 aliphatic carbocycles. The molecule has 0 unspecified atom stereocenters. The third-order valence-electron chi connectivity index (χ3n) is 6.40. The molecule has 1 saturated heterocycles. The number of hydrogen-bond donors (Lipinski definition) is 1. The fraction of sp³-hybridized carbons (Fsp3) is 0.250. The molecule has 168 valence electrons. The van der Waals surface area contributed by atoms with E-state index in [2.05, 4.69) is 29.5 Å². The number of allylic oxidation sites excluding steroid dienone is 1. The van der Waals surface area contributed by atoms with Crippen LogP contribution in [0.2, 0.25) is 0 Å². The minimum atomic E-state index is -0.249. The van der Waals surface area contributed by atoms with Crippen LogP contribution < -0.4 is 5.43 Å². The van der Waals surface area contributed by atoms with Crippen LogP contribution in [-0.4, -0.2) is 24.0 Å². The maximum Gasteiger partial charge on any atom is 0.265 e. The normalized spacial score (nSPS) is 16.4. The zero-order chi connectivity index (χ0) is 22.8. The van der Waals surface area contributed by atoms with E-state index >= 15 is 0 Å². The van der Waals surface area contributed by atoms with E-state index in [1.54, 1.807) is 11.8 Å². The van der Waals surface area contributed by atoms with Gasteiger partial charge in [0.2, 0.25) is 0 Å². The Morgan fingerprint density at radius 1 is 0.879 bits per heavy atom. The molecule has 1 fully saturated rings. The summed E-state index contributed by atoms with van der Waals surface area (Å²) in [5.74, 6) is -0.316. The summed E-state index contributed by atoms with van der Waals surface area (Å²) in [6.07, 6.45) is 4.67. The topological polar surface area (TPSA) is 32.3 Å². The van der Waals surface area contributed by atoms with Crippen LogP contribution in [0.25, 0.3) is 11.1 Å². The lowest BCUT2D eigenvalue weighted by atomic mass is 9.90. The zero-order valence-corrected chi connectivity index (χ0v) is 19.6. The highest BCUT2D eigenvalue weighted by atomic mass is 32.2. The van der Waals surface area contributed by atoms with Gasteiger partial charge in [-0.2, -0.15) is 0 Å². The Kier molecular flexibility index (Phi) is 6.34. The standard InChI is InChI=1S/C28H27FN2OS/c1-19-24-18-21(28(32)30-31-16-6-2-3-7-17-31)12-15-26(24)33-25-9-5-4-8-23(25)27(19)20-10-13-22(29)14-11-20/h4-5,8-15,18H,2-3,6-7,16-17H2,1H3,(H,30,32). The first-order valence-electron chi connectivity index (χ1n) is 11.5. The monoisotopic (exact) mass is 458 g/mol. The molecule has 33 heavy (non-hydrogen) atoms. The molecule has 0 aromatic heterocycles. The van der Waals surface area contributed by atoms with Crippen molar-refractivity contribution in [2.45, 2.75) is 42.4 Å².